The number of benzene rings is 1. The summed E-state index contributed by atoms with van der Waals surface area (Å²) in [5, 5.41) is 0. The Balaban J connectivity index is 2.83. The van der Waals surface area contributed by atoms with Gasteiger partial charge in [-0.05, 0) is 41.1 Å². The minimum absolute atomic E-state index is 0.905. The van der Waals surface area contributed by atoms with Gasteiger partial charge in [0.15, 0.2) is 0 Å². The van der Waals surface area contributed by atoms with E-state index in [0.717, 1.165) is 25.9 Å². The first-order chi connectivity index (χ1) is 7.76. The number of allylic oxidation sites excluding steroid dienone is 1. The molecule has 2 rings (SSSR count). The van der Waals surface area contributed by atoms with Gasteiger partial charge in [-0.2, -0.15) is 0 Å². The highest BCUT2D eigenvalue weighted by atomic mass is 127. The molecular weight excluding hydrogens is 311 g/mol. The third-order valence-electron chi connectivity index (χ3n) is 2.31. The van der Waals surface area contributed by atoms with Crippen molar-refractivity contribution in [2.24, 2.45) is 0 Å². The zero-order valence-corrected chi connectivity index (χ0v) is 11.1. The summed E-state index contributed by atoms with van der Waals surface area (Å²) < 4.78 is 0.905. The average Bonchev–Trinajstić information content (AvgIpc) is 2.29. The van der Waals surface area contributed by atoms with Crippen LogP contribution in [0.4, 0.5) is 0 Å². The van der Waals surface area contributed by atoms with E-state index in [2.05, 4.69) is 39.1 Å². The third-order valence-corrected chi connectivity index (χ3v) is 2.83. The molecule has 0 aliphatic heterocycles. The molecule has 0 bridgehead atoms. The van der Waals surface area contributed by atoms with Crippen molar-refractivity contribution in [2.45, 2.75) is 6.92 Å². The van der Waals surface area contributed by atoms with Gasteiger partial charge >= 0.3 is 0 Å². The lowest BCUT2D eigenvalue weighted by atomic mass is 10.0. The van der Waals surface area contributed by atoms with Crippen LogP contribution in [0, 0.1) is 3.70 Å². The molecule has 0 fully saturated rings. The van der Waals surface area contributed by atoms with Crippen LogP contribution in [0.15, 0.2) is 31.0 Å². The minimum atomic E-state index is 0.905. The molecule has 0 aliphatic carbocycles. The Morgan fingerprint density at radius 3 is 2.88 bits per heavy atom. The van der Waals surface area contributed by atoms with Crippen molar-refractivity contribution in [2.75, 3.05) is 0 Å². The Morgan fingerprint density at radius 2 is 2.19 bits per heavy atom. The molecular formula is C13H11IN2. The molecule has 2 nitrogen and oxygen atoms in total. The molecule has 1 aromatic carbocycles. The summed E-state index contributed by atoms with van der Waals surface area (Å²) in [4.78, 5) is 8.89. The first-order valence-electron chi connectivity index (χ1n) is 4.96. The average molecular weight is 322 g/mol. The Bertz CT molecular complexity index is 573. The highest BCUT2D eigenvalue weighted by molar-refractivity contribution is 14.1. The van der Waals surface area contributed by atoms with E-state index in [1.807, 2.05) is 37.3 Å². The first kappa shape index (κ1) is 11.3. The van der Waals surface area contributed by atoms with E-state index < -0.39 is 0 Å². The molecule has 1 aromatic heterocycles. The molecule has 0 aliphatic rings. The second-order valence-electron chi connectivity index (χ2n) is 3.33. The number of hydrogen-bond donors (Lipinski definition) is 0. The fraction of sp³-hybridized carbons (Fsp3) is 0.0769. The molecule has 3 heteroatoms. The molecule has 80 valence electrons. The highest BCUT2D eigenvalue weighted by Crippen LogP contribution is 2.22. The lowest BCUT2D eigenvalue weighted by molar-refractivity contribution is 1.24. The van der Waals surface area contributed by atoms with E-state index in [-0.39, 0.29) is 0 Å². The monoisotopic (exact) mass is 322 g/mol. The van der Waals surface area contributed by atoms with Crippen molar-refractivity contribution < 1.29 is 0 Å². The number of hydrogen-bond acceptors (Lipinski definition) is 2. The van der Waals surface area contributed by atoms with E-state index in [0.29, 0.717) is 0 Å². The van der Waals surface area contributed by atoms with Gasteiger partial charge in [-0.25, -0.2) is 4.98 Å². The summed E-state index contributed by atoms with van der Waals surface area (Å²) in [6.45, 7) is 5.81. The van der Waals surface area contributed by atoms with E-state index in [1.54, 1.807) is 6.20 Å². The smallest absolute Gasteiger partial charge is 0.120 e. The molecule has 0 N–H and O–H groups in total. The van der Waals surface area contributed by atoms with Gasteiger partial charge in [0.25, 0.3) is 0 Å². The maximum atomic E-state index is 4.45. The first-order valence-corrected chi connectivity index (χ1v) is 6.04. The SMILES string of the molecule is C=Cc1ccc2nc(I)cnc2c1/C=C\C. The van der Waals surface area contributed by atoms with Gasteiger partial charge < -0.3 is 0 Å². The maximum Gasteiger partial charge on any atom is 0.120 e. The predicted molar refractivity (Wildman–Crippen MR) is 77.1 cm³/mol. The predicted octanol–water partition coefficient (Wildman–Crippen LogP) is 3.91. The van der Waals surface area contributed by atoms with Crippen LogP contribution in [0.5, 0.6) is 0 Å². The van der Waals surface area contributed by atoms with Crippen LogP contribution in [-0.2, 0) is 0 Å². The van der Waals surface area contributed by atoms with E-state index in [4.69, 9.17) is 0 Å². The second kappa shape index (κ2) is 4.74. The number of fused-ring (bicyclic) bond motifs is 1. The van der Waals surface area contributed by atoms with Crippen molar-refractivity contribution in [1.29, 1.82) is 0 Å². The summed E-state index contributed by atoms with van der Waals surface area (Å²) in [6.07, 6.45) is 7.67. The van der Waals surface area contributed by atoms with Crippen molar-refractivity contribution in [3.63, 3.8) is 0 Å². The standard InChI is InChI=1S/C13H11IN2/c1-3-5-10-9(4-2)6-7-11-13(10)15-8-12(14)16-11/h3-8H,2H2,1H3/b5-3-. The molecule has 0 saturated heterocycles. The number of rotatable bonds is 2. The molecule has 0 amide bonds. The second-order valence-corrected chi connectivity index (χ2v) is 4.44. The van der Waals surface area contributed by atoms with Crippen LogP contribution in [-0.4, -0.2) is 9.97 Å². The van der Waals surface area contributed by atoms with Gasteiger partial charge in [0, 0.05) is 5.56 Å². The van der Waals surface area contributed by atoms with Crippen molar-refractivity contribution in [3.8, 4) is 0 Å². The maximum absolute atomic E-state index is 4.45. The Kier molecular flexibility index (Phi) is 3.33. The third kappa shape index (κ3) is 2.00. The number of halogens is 1. The van der Waals surface area contributed by atoms with Gasteiger partial charge in [-0.3, -0.25) is 4.98 Å². The van der Waals surface area contributed by atoms with Crippen molar-refractivity contribution in [1.82, 2.24) is 9.97 Å². The van der Waals surface area contributed by atoms with Crippen molar-refractivity contribution >= 4 is 45.8 Å². The van der Waals surface area contributed by atoms with Crippen LogP contribution in [0.25, 0.3) is 23.2 Å². The van der Waals surface area contributed by atoms with Crippen LogP contribution < -0.4 is 0 Å². The normalized spacial score (nSPS) is 11.1. The number of aromatic nitrogens is 2. The lowest BCUT2D eigenvalue weighted by Crippen LogP contribution is -1.91. The molecule has 0 radical (unpaired) electrons. The molecule has 0 saturated carbocycles. The fourth-order valence-corrected chi connectivity index (χ4v) is 2.02. The Labute approximate surface area is 108 Å². The van der Waals surface area contributed by atoms with Crippen molar-refractivity contribution in [3.05, 3.63) is 45.8 Å². The molecule has 1 heterocycles. The quantitative estimate of drug-likeness (QED) is 0.784. The summed E-state index contributed by atoms with van der Waals surface area (Å²) in [5.41, 5.74) is 4.02. The summed E-state index contributed by atoms with van der Waals surface area (Å²) in [6, 6.07) is 4.00. The zero-order chi connectivity index (χ0) is 11.5. The van der Waals surface area contributed by atoms with Gasteiger partial charge in [-0.15, -0.1) is 0 Å². The fourth-order valence-electron chi connectivity index (χ4n) is 1.62. The summed E-state index contributed by atoms with van der Waals surface area (Å²) >= 11 is 2.17. The van der Waals surface area contributed by atoms with Gasteiger partial charge in [0.2, 0.25) is 0 Å². The minimum Gasteiger partial charge on any atom is -0.251 e. The number of nitrogens with zero attached hydrogens (tertiary/aromatic N) is 2. The lowest BCUT2D eigenvalue weighted by Gasteiger charge is -2.05. The Morgan fingerprint density at radius 1 is 1.38 bits per heavy atom. The van der Waals surface area contributed by atoms with Crippen LogP contribution in [0.2, 0.25) is 0 Å². The van der Waals surface area contributed by atoms with Gasteiger partial charge in [0.1, 0.15) is 3.70 Å². The van der Waals surface area contributed by atoms with E-state index in [1.165, 1.54) is 0 Å². The molecule has 0 spiro atoms. The molecule has 16 heavy (non-hydrogen) atoms. The van der Waals surface area contributed by atoms with Crippen LogP contribution in [0.1, 0.15) is 18.1 Å². The van der Waals surface area contributed by atoms with Gasteiger partial charge in [-0.1, -0.05) is 30.9 Å². The largest absolute Gasteiger partial charge is 0.251 e. The van der Waals surface area contributed by atoms with Crippen LogP contribution in [0.3, 0.4) is 0 Å². The summed E-state index contributed by atoms with van der Waals surface area (Å²) in [7, 11) is 0. The highest BCUT2D eigenvalue weighted by Gasteiger charge is 2.05. The van der Waals surface area contributed by atoms with Crippen LogP contribution >= 0.6 is 22.6 Å². The topological polar surface area (TPSA) is 25.8 Å². The van der Waals surface area contributed by atoms with E-state index >= 15 is 0 Å². The molecule has 0 atom stereocenters. The Hall–Kier alpha value is -1.23. The van der Waals surface area contributed by atoms with Gasteiger partial charge in [0.05, 0.1) is 17.2 Å². The summed E-state index contributed by atoms with van der Waals surface area (Å²) in [5.74, 6) is 0. The zero-order valence-electron chi connectivity index (χ0n) is 8.94. The van der Waals surface area contributed by atoms with E-state index in [9.17, 15) is 0 Å². The molecule has 2 aromatic rings. The molecule has 0 unspecified atom stereocenters.